The van der Waals surface area contributed by atoms with E-state index in [0.29, 0.717) is 24.8 Å². The summed E-state index contributed by atoms with van der Waals surface area (Å²) >= 11 is 0. The highest BCUT2D eigenvalue weighted by Gasteiger charge is 2.20. The van der Waals surface area contributed by atoms with Crippen LogP contribution in [0.25, 0.3) is 10.8 Å². The maximum atomic E-state index is 12.5. The molecule has 0 saturated carbocycles. The zero-order valence-electron chi connectivity index (χ0n) is 14.2. The Morgan fingerprint density at radius 1 is 1.04 bits per heavy atom. The molecule has 2 aromatic carbocycles. The van der Waals surface area contributed by atoms with Gasteiger partial charge in [0.2, 0.25) is 0 Å². The van der Waals surface area contributed by atoms with E-state index in [1.807, 2.05) is 35.8 Å². The smallest absolute Gasteiger partial charge is 0.404 e. The van der Waals surface area contributed by atoms with Crippen molar-refractivity contribution in [3.63, 3.8) is 0 Å². The van der Waals surface area contributed by atoms with Crippen LogP contribution in [-0.4, -0.2) is 35.6 Å². The Bertz CT molecular complexity index is 794. The van der Waals surface area contributed by atoms with Crippen molar-refractivity contribution in [2.45, 2.75) is 25.3 Å². The maximum absolute atomic E-state index is 12.5. The normalized spacial score (nSPS) is 11.6. The van der Waals surface area contributed by atoms with Gasteiger partial charge in [-0.3, -0.25) is 15.0 Å². The number of hydrogen-bond donors (Lipinski definition) is 5. The highest BCUT2D eigenvalue weighted by molar-refractivity contribution is 6.00. The van der Waals surface area contributed by atoms with E-state index in [4.69, 9.17) is 10.9 Å². The van der Waals surface area contributed by atoms with Gasteiger partial charge in [0.05, 0.1) is 0 Å². The van der Waals surface area contributed by atoms with E-state index in [9.17, 15) is 14.4 Å². The molecule has 2 aromatic rings. The minimum Gasteiger partial charge on any atom is -0.465 e. The van der Waals surface area contributed by atoms with Crippen molar-refractivity contribution in [1.29, 1.82) is 0 Å². The Labute approximate surface area is 150 Å². The molecule has 8 nitrogen and oxygen atoms in total. The van der Waals surface area contributed by atoms with E-state index in [1.165, 1.54) is 0 Å². The number of hydrazine groups is 1. The molecule has 138 valence electrons. The molecule has 0 aliphatic heterocycles. The van der Waals surface area contributed by atoms with Crippen LogP contribution in [0.5, 0.6) is 0 Å². The van der Waals surface area contributed by atoms with Gasteiger partial charge < -0.3 is 15.7 Å². The highest BCUT2D eigenvalue weighted by Crippen LogP contribution is 2.16. The summed E-state index contributed by atoms with van der Waals surface area (Å²) in [6, 6.07) is 12.2. The topological polar surface area (TPSA) is 134 Å². The van der Waals surface area contributed by atoms with Crippen LogP contribution in [0, 0.1) is 0 Å². The van der Waals surface area contributed by atoms with E-state index in [1.54, 1.807) is 12.1 Å². The molecule has 0 heterocycles. The minimum atomic E-state index is -1.09. The standard InChI is InChI=1S/C18H22N4O4/c19-22-17(24)15(7-3-4-10-20-18(25)26)21-16(23)14-9-8-12-5-1-2-6-13(12)11-14/h1-2,5-6,8-9,11,15,20H,3-4,7,10,19H2,(H,21,23)(H,22,24)(H,25,26). The summed E-state index contributed by atoms with van der Waals surface area (Å²) in [6.07, 6.45) is 0.359. The van der Waals surface area contributed by atoms with Gasteiger partial charge in [0, 0.05) is 12.1 Å². The van der Waals surface area contributed by atoms with E-state index in [-0.39, 0.29) is 12.5 Å². The zero-order chi connectivity index (χ0) is 18.9. The van der Waals surface area contributed by atoms with Gasteiger partial charge in [-0.15, -0.1) is 0 Å². The lowest BCUT2D eigenvalue weighted by molar-refractivity contribution is -0.123. The number of carbonyl (C=O) groups excluding carboxylic acids is 2. The van der Waals surface area contributed by atoms with Gasteiger partial charge in [-0.25, -0.2) is 10.6 Å². The molecule has 8 heteroatoms. The predicted octanol–water partition coefficient (Wildman–Crippen LogP) is 1.37. The molecule has 0 radical (unpaired) electrons. The number of nitrogens with two attached hydrogens (primary N) is 1. The number of rotatable bonds is 8. The van der Waals surface area contributed by atoms with Crippen LogP contribution in [-0.2, 0) is 4.79 Å². The van der Waals surface area contributed by atoms with E-state index >= 15 is 0 Å². The molecule has 0 aliphatic carbocycles. The number of carboxylic acid groups (broad SMARTS) is 1. The molecule has 1 unspecified atom stereocenters. The second-order valence-corrected chi connectivity index (χ2v) is 5.82. The Kier molecular flexibility index (Phi) is 6.92. The first-order valence-corrected chi connectivity index (χ1v) is 8.28. The number of fused-ring (bicyclic) bond motifs is 1. The third-order valence-electron chi connectivity index (χ3n) is 3.97. The lowest BCUT2D eigenvalue weighted by Gasteiger charge is -2.17. The summed E-state index contributed by atoms with van der Waals surface area (Å²) in [5.41, 5.74) is 2.50. The van der Waals surface area contributed by atoms with Crippen molar-refractivity contribution in [3.8, 4) is 0 Å². The third-order valence-corrected chi connectivity index (χ3v) is 3.97. The van der Waals surface area contributed by atoms with Gasteiger partial charge in [-0.05, 0) is 42.2 Å². The molecule has 26 heavy (non-hydrogen) atoms. The molecule has 0 aromatic heterocycles. The van der Waals surface area contributed by atoms with Crippen molar-refractivity contribution in [3.05, 3.63) is 48.0 Å². The number of unbranched alkanes of at least 4 members (excludes halogenated alkanes) is 1. The fraction of sp³-hybridized carbons (Fsp3) is 0.278. The fourth-order valence-corrected chi connectivity index (χ4v) is 2.61. The van der Waals surface area contributed by atoms with E-state index in [0.717, 1.165) is 10.8 Å². The summed E-state index contributed by atoms with van der Waals surface area (Å²) < 4.78 is 0. The number of carbonyl (C=O) groups is 3. The number of amides is 3. The van der Waals surface area contributed by atoms with Crippen LogP contribution in [0.1, 0.15) is 29.6 Å². The summed E-state index contributed by atoms with van der Waals surface area (Å²) in [5.74, 6) is 4.33. The third kappa shape index (κ3) is 5.45. The average Bonchev–Trinajstić information content (AvgIpc) is 2.65. The van der Waals surface area contributed by atoms with Gasteiger partial charge in [0.1, 0.15) is 6.04 Å². The monoisotopic (exact) mass is 358 g/mol. The molecule has 2 rings (SSSR count). The number of nitrogens with one attached hydrogen (secondary N) is 3. The largest absolute Gasteiger partial charge is 0.465 e. The van der Waals surface area contributed by atoms with Crippen molar-refractivity contribution < 1.29 is 19.5 Å². The molecule has 6 N–H and O–H groups in total. The van der Waals surface area contributed by atoms with Crippen molar-refractivity contribution in [1.82, 2.24) is 16.1 Å². The molecule has 0 saturated heterocycles. The molecular formula is C18H22N4O4. The first kappa shape index (κ1) is 19.2. The quantitative estimate of drug-likeness (QED) is 0.210. The molecule has 0 spiro atoms. The van der Waals surface area contributed by atoms with E-state index in [2.05, 4.69) is 10.6 Å². The Balaban J connectivity index is 1.98. The van der Waals surface area contributed by atoms with Crippen LogP contribution in [0.15, 0.2) is 42.5 Å². The Morgan fingerprint density at radius 3 is 2.46 bits per heavy atom. The summed E-state index contributed by atoms with van der Waals surface area (Å²) in [5, 5.41) is 15.4. The first-order chi connectivity index (χ1) is 12.5. The number of hydrogen-bond acceptors (Lipinski definition) is 4. The van der Waals surface area contributed by atoms with Crippen LogP contribution < -0.4 is 21.9 Å². The fourth-order valence-electron chi connectivity index (χ4n) is 2.61. The number of benzene rings is 2. The molecule has 0 bridgehead atoms. The molecule has 0 fully saturated rings. The van der Waals surface area contributed by atoms with Crippen molar-refractivity contribution in [2.24, 2.45) is 5.84 Å². The van der Waals surface area contributed by atoms with Gasteiger partial charge in [-0.2, -0.15) is 0 Å². The summed E-state index contributed by atoms with van der Waals surface area (Å²) in [7, 11) is 0. The van der Waals surface area contributed by atoms with Gasteiger partial charge in [0.15, 0.2) is 0 Å². The molecule has 0 aliphatic rings. The summed E-state index contributed by atoms with van der Waals surface area (Å²) in [6.45, 7) is 0.283. The molecule has 3 amide bonds. The SMILES string of the molecule is NNC(=O)C(CCCCNC(=O)O)NC(=O)c1ccc2ccccc2c1. The van der Waals surface area contributed by atoms with Gasteiger partial charge in [0.25, 0.3) is 11.8 Å². The predicted molar refractivity (Wildman–Crippen MR) is 97.4 cm³/mol. The minimum absolute atomic E-state index is 0.283. The second-order valence-electron chi connectivity index (χ2n) is 5.82. The average molecular weight is 358 g/mol. The van der Waals surface area contributed by atoms with Crippen LogP contribution in [0.3, 0.4) is 0 Å². The second kappa shape index (κ2) is 9.38. The van der Waals surface area contributed by atoms with Gasteiger partial charge in [-0.1, -0.05) is 30.3 Å². The lowest BCUT2D eigenvalue weighted by Crippen LogP contribution is -2.49. The van der Waals surface area contributed by atoms with E-state index < -0.39 is 18.0 Å². The highest BCUT2D eigenvalue weighted by atomic mass is 16.4. The van der Waals surface area contributed by atoms with Crippen LogP contribution in [0.4, 0.5) is 4.79 Å². The van der Waals surface area contributed by atoms with Crippen LogP contribution >= 0.6 is 0 Å². The van der Waals surface area contributed by atoms with Crippen molar-refractivity contribution >= 4 is 28.7 Å². The molecule has 1 atom stereocenters. The first-order valence-electron chi connectivity index (χ1n) is 8.28. The van der Waals surface area contributed by atoms with Gasteiger partial charge >= 0.3 is 6.09 Å². The molecular weight excluding hydrogens is 336 g/mol. The maximum Gasteiger partial charge on any atom is 0.404 e. The lowest BCUT2D eigenvalue weighted by atomic mass is 10.1. The Hall–Kier alpha value is -3.13. The Morgan fingerprint density at radius 2 is 1.77 bits per heavy atom. The van der Waals surface area contributed by atoms with Crippen molar-refractivity contribution in [2.75, 3.05) is 6.54 Å². The summed E-state index contributed by atoms with van der Waals surface area (Å²) in [4.78, 5) is 34.8. The van der Waals surface area contributed by atoms with Crippen LogP contribution in [0.2, 0.25) is 0 Å². The zero-order valence-corrected chi connectivity index (χ0v) is 14.2.